The second-order valence-corrected chi connectivity index (χ2v) is 11.1. The van der Waals surface area contributed by atoms with Gasteiger partial charge in [0.15, 0.2) is 0 Å². The topological polar surface area (TPSA) is 66.9 Å². The van der Waals surface area contributed by atoms with Crippen LogP contribution in [0.25, 0.3) is 0 Å². The lowest BCUT2D eigenvalue weighted by Crippen LogP contribution is -2.56. The van der Waals surface area contributed by atoms with Gasteiger partial charge >= 0.3 is 0 Å². The third kappa shape index (κ3) is 4.82. The highest BCUT2D eigenvalue weighted by Crippen LogP contribution is 2.41. The molecule has 0 unspecified atom stereocenters. The molecule has 0 saturated carbocycles. The highest BCUT2D eigenvalue weighted by molar-refractivity contribution is 7.88. The van der Waals surface area contributed by atoms with Gasteiger partial charge in [0, 0.05) is 49.4 Å². The van der Waals surface area contributed by atoms with Gasteiger partial charge in [-0.05, 0) is 36.1 Å². The number of hydrogen-bond acceptors (Lipinski definition) is 4. The van der Waals surface area contributed by atoms with E-state index < -0.39 is 15.4 Å². The Kier molecular flexibility index (Phi) is 7.12. The first-order chi connectivity index (χ1) is 15.3. The van der Waals surface area contributed by atoms with E-state index in [9.17, 15) is 13.2 Å². The highest BCUT2D eigenvalue weighted by atomic mass is 35.5. The summed E-state index contributed by atoms with van der Waals surface area (Å²) in [5.41, 5.74) is 0.728. The van der Waals surface area contributed by atoms with Gasteiger partial charge in [-0.1, -0.05) is 59.6 Å². The third-order valence-electron chi connectivity index (χ3n) is 6.31. The molecule has 0 bridgehead atoms. The van der Waals surface area contributed by atoms with Crippen molar-refractivity contribution in [2.24, 2.45) is 0 Å². The van der Waals surface area contributed by atoms with Crippen LogP contribution >= 0.6 is 23.2 Å². The van der Waals surface area contributed by atoms with Gasteiger partial charge in [-0.25, -0.2) is 8.42 Å². The first-order valence-corrected chi connectivity index (χ1v) is 13.0. The van der Waals surface area contributed by atoms with Crippen molar-refractivity contribution in [2.45, 2.75) is 24.0 Å². The van der Waals surface area contributed by atoms with Crippen LogP contribution in [0.1, 0.15) is 24.0 Å². The Labute approximate surface area is 199 Å². The maximum atomic E-state index is 13.8. The Morgan fingerprint density at radius 1 is 0.969 bits per heavy atom. The molecule has 0 radical (unpaired) electrons. The summed E-state index contributed by atoms with van der Waals surface area (Å²) >= 11 is 12.6. The molecule has 1 amide bonds. The molecule has 2 aliphatic heterocycles. The normalized spacial score (nSPS) is 19.6. The number of piperazine rings is 1. The zero-order chi connectivity index (χ0) is 22.8. The number of benzene rings is 2. The molecule has 0 N–H and O–H groups in total. The quantitative estimate of drug-likeness (QED) is 0.632. The summed E-state index contributed by atoms with van der Waals surface area (Å²) in [6, 6.07) is 14.4. The molecule has 0 aromatic heterocycles. The van der Waals surface area contributed by atoms with E-state index in [4.69, 9.17) is 27.9 Å². The van der Waals surface area contributed by atoms with Gasteiger partial charge in [0.05, 0.1) is 11.2 Å². The molecule has 2 fully saturated rings. The fourth-order valence-electron chi connectivity index (χ4n) is 4.54. The molecular weight excluding hydrogens is 471 g/mol. The Bertz CT molecular complexity index is 1060. The number of amides is 1. The van der Waals surface area contributed by atoms with E-state index in [0.717, 1.165) is 11.1 Å². The van der Waals surface area contributed by atoms with E-state index in [1.165, 1.54) is 4.31 Å². The number of hydrogen-bond donors (Lipinski definition) is 0. The molecule has 0 spiro atoms. The summed E-state index contributed by atoms with van der Waals surface area (Å²) in [7, 11) is -3.45. The maximum Gasteiger partial charge on any atom is 0.233 e. The number of carbonyl (C=O) groups excluding carboxylic acids is 1. The fourth-order valence-corrected chi connectivity index (χ4v) is 6.65. The molecule has 32 heavy (non-hydrogen) atoms. The van der Waals surface area contributed by atoms with Gasteiger partial charge in [-0.3, -0.25) is 4.79 Å². The Morgan fingerprint density at radius 2 is 1.62 bits per heavy atom. The van der Waals surface area contributed by atoms with Crippen LogP contribution in [-0.4, -0.2) is 62.9 Å². The van der Waals surface area contributed by atoms with Gasteiger partial charge in [0.2, 0.25) is 15.9 Å². The minimum atomic E-state index is -3.45. The van der Waals surface area contributed by atoms with Crippen LogP contribution in [0, 0.1) is 0 Å². The van der Waals surface area contributed by atoms with Crippen LogP contribution in [-0.2, 0) is 30.7 Å². The minimum absolute atomic E-state index is 0.0230. The summed E-state index contributed by atoms with van der Waals surface area (Å²) in [6.45, 7) is 2.19. The molecule has 4 rings (SSSR count). The molecule has 6 nitrogen and oxygen atoms in total. The van der Waals surface area contributed by atoms with Gasteiger partial charge in [0.25, 0.3) is 0 Å². The highest BCUT2D eigenvalue weighted by Gasteiger charge is 2.46. The zero-order valence-electron chi connectivity index (χ0n) is 17.7. The second kappa shape index (κ2) is 9.69. The van der Waals surface area contributed by atoms with Crippen molar-refractivity contribution in [3.8, 4) is 0 Å². The maximum absolute atomic E-state index is 13.8. The minimum Gasteiger partial charge on any atom is -0.381 e. The van der Waals surface area contributed by atoms with E-state index in [1.807, 2.05) is 36.4 Å². The van der Waals surface area contributed by atoms with E-state index in [0.29, 0.717) is 49.2 Å². The number of nitrogens with zero attached hydrogens (tertiary/aromatic N) is 2. The van der Waals surface area contributed by atoms with Crippen molar-refractivity contribution >= 4 is 39.1 Å². The first kappa shape index (κ1) is 23.5. The Morgan fingerprint density at radius 3 is 2.25 bits per heavy atom. The van der Waals surface area contributed by atoms with Gasteiger partial charge in [-0.2, -0.15) is 4.31 Å². The summed E-state index contributed by atoms with van der Waals surface area (Å²) < 4.78 is 32.8. The molecule has 0 aliphatic carbocycles. The average molecular weight is 497 g/mol. The van der Waals surface area contributed by atoms with Crippen LogP contribution in [0.5, 0.6) is 0 Å². The largest absolute Gasteiger partial charge is 0.381 e. The van der Waals surface area contributed by atoms with Crippen molar-refractivity contribution in [3.63, 3.8) is 0 Å². The SMILES string of the molecule is O=C(N1CCN(S(=O)(=O)Cc2ccccc2)CC1)C1(c2ccc(Cl)cc2Cl)CCOCC1. The molecule has 2 aromatic carbocycles. The molecule has 2 heterocycles. The predicted molar refractivity (Wildman–Crippen MR) is 125 cm³/mol. The van der Waals surface area contributed by atoms with Crippen LogP contribution in [0.15, 0.2) is 48.5 Å². The lowest BCUT2D eigenvalue weighted by molar-refractivity contribution is -0.142. The lowest BCUT2D eigenvalue weighted by Gasteiger charge is -2.43. The first-order valence-electron chi connectivity index (χ1n) is 10.7. The molecule has 172 valence electrons. The van der Waals surface area contributed by atoms with E-state index >= 15 is 0 Å². The van der Waals surface area contributed by atoms with Crippen LogP contribution in [0.3, 0.4) is 0 Å². The third-order valence-corrected chi connectivity index (χ3v) is 8.71. The van der Waals surface area contributed by atoms with Crippen molar-refractivity contribution in [2.75, 3.05) is 39.4 Å². The molecular formula is C23H26Cl2N2O4S. The smallest absolute Gasteiger partial charge is 0.233 e. The Hall–Kier alpha value is -1.64. The zero-order valence-corrected chi connectivity index (χ0v) is 20.0. The van der Waals surface area contributed by atoms with Crippen molar-refractivity contribution in [3.05, 3.63) is 69.7 Å². The van der Waals surface area contributed by atoms with E-state index in [2.05, 4.69) is 0 Å². The standard InChI is InChI=1S/C23H26Cl2N2O4S/c24-19-6-7-20(21(25)16-19)23(8-14-31-15-9-23)22(28)26-10-12-27(13-11-26)32(29,30)17-18-4-2-1-3-5-18/h1-7,16H,8-15,17H2. The number of rotatable bonds is 5. The summed E-state index contributed by atoms with van der Waals surface area (Å²) in [5.74, 6) is -0.0613. The van der Waals surface area contributed by atoms with E-state index in [1.54, 1.807) is 17.0 Å². The molecule has 9 heteroatoms. The number of halogens is 2. The molecule has 2 aliphatic rings. The number of sulfonamides is 1. The fraction of sp³-hybridized carbons (Fsp3) is 0.435. The van der Waals surface area contributed by atoms with Gasteiger partial charge in [-0.15, -0.1) is 0 Å². The average Bonchev–Trinajstić information content (AvgIpc) is 2.79. The monoisotopic (exact) mass is 496 g/mol. The van der Waals surface area contributed by atoms with Gasteiger partial charge < -0.3 is 9.64 Å². The molecule has 0 atom stereocenters. The summed E-state index contributed by atoms with van der Waals surface area (Å²) in [6.07, 6.45) is 1.05. The lowest BCUT2D eigenvalue weighted by atomic mass is 9.72. The summed E-state index contributed by atoms with van der Waals surface area (Å²) in [4.78, 5) is 15.5. The molecule has 2 aromatic rings. The van der Waals surface area contributed by atoms with Crippen LogP contribution in [0.4, 0.5) is 0 Å². The van der Waals surface area contributed by atoms with Crippen molar-refractivity contribution in [1.82, 2.24) is 9.21 Å². The number of ether oxygens (including phenoxy) is 1. The van der Waals surface area contributed by atoms with Crippen LogP contribution in [0.2, 0.25) is 10.0 Å². The van der Waals surface area contributed by atoms with Crippen LogP contribution < -0.4 is 0 Å². The summed E-state index contributed by atoms with van der Waals surface area (Å²) in [5, 5.41) is 0.988. The predicted octanol–water partition coefficient (Wildman–Crippen LogP) is 3.72. The molecule has 2 saturated heterocycles. The van der Waals surface area contributed by atoms with Crippen molar-refractivity contribution in [1.29, 1.82) is 0 Å². The second-order valence-electron chi connectivity index (χ2n) is 8.25. The van der Waals surface area contributed by atoms with Crippen molar-refractivity contribution < 1.29 is 17.9 Å². The Balaban J connectivity index is 1.50. The van der Waals surface area contributed by atoms with E-state index in [-0.39, 0.29) is 24.7 Å². The van der Waals surface area contributed by atoms with Gasteiger partial charge in [0.1, 0.15) is 0 Å². The number of carbonyl (C=O) groups is 1.